The number of phenols is 1. The van der Waals surface area contributed by atoms with E-state index in [4.69, 9.17) is 4.74 Å². The second kappa shape index (κ2) is 12.6. The average molecular weight is 596 g/mol. The molecule has 9 nitrogen and oxygen atoms in total. The smallest absolute Gasteiger partial charge is 0.253 e. The number of carbonyl (C=O) groups is 1. The SMILES string of the molecule is COc1cc(Br)cc(/C=N\NC(=O)[C@@H](C)Sc2nnc(CNc3ccccc3C)n2-c2ccccc2)c1O. The summed E-state index contributed by atoms with van der Waals surface area (Å²) in [5, 5.41) is 26.6. The lowest BCUT2D eigenvalue weighted by Crippen LogP contribution is -2.27. The van der Waals surface area contributed by atoms with Crippen LogP contribution in [0.25, 0.3) is 5.69 Å². The predicted molar refractivity (Wildman–Crippen MR) is 153 cm³/mol. The van der Waals surface area contributed by atoms with Gasteiger partial charge in [0.25, 0.3) is 5.91 Å². The second-order valence-electron chi connectivity index (χ2n) is 8.28. The van der Waals surface area contributed by atoms with Gasteiger partial charge >= 0.3 is 0 Å². The molecule has 3 N–H and O–H groups in total. The molecule has 0 fully saturated rings. The van der Waals surface area contributed by atoms with Gasteiger partial charge in [-0.05, 0) is 49.7 Å². The van der Waals surface area contributed by atoms with E-state index in [1.54, 1.807) is 19.1 Å². The minimum atomic E-state index is -0.526. The highest BCUT2D eigenvalue weighted by atomic mass is 79.9. The van der Waals surface area contributed by atoms with Crippen LogP contribution in [0.1, 0.15) is 23.9 Å². The number of benzene rings is 3. The van der Waals surface area contributed by atoms with Crippen LogP contribution in [0, 0.1) is 6.92 Å². The molecule has 1 amide bonds. The first-order valence-electron chi connectivity index (χ1n) is 11.7. The van der Waals surface area contributed by atoms with E-state index in [1.165, 1.54) is 25.1 Å². The highest BCUT2D eigenvalue weighted by Gasteiger charge is 2.21. The molecule has 196 valence electrons. The minimum absolute atomic E-state index is 0.0704. The molecule has 38 heavy (non-hydrogen) atoms. The zero-order chi connectivity index (χ0) is 27.1. The number of nitrogens with zero attached hydrogens (tertiary/aromatic N) is 4. The average Bonchev–Trinajstić information content (AvgIpc) is 3.32. The number of halogens is 1. The fourth-order valence-electron chi connectivity index (χ4n) is 3.59. The summed E-state index contributed by atoms with van der Waals surface area (Å²) in [6.45, 7) is 4.27. The number of methoxy groups -OCH3 is 1. The number of aryl methyl sites for hydroxylation is 1. The van der Waals surface area contributed by atoms with Crippen molar-refractivity contribution in [2.45, 2.75) is 30.8 Å². The molecule has 0 aliphatic carbocycles. The minimum Gasteiger partial charge on any atom is -0.504 e. The van der Waals surface area contributed by atoms with Gasteiger partial charge in [0.2, 0.25) is 0 Å². The van der Waals surface area contributed by atoms with Gasteiger partial charge in [0.1, 0.15) is 0 Å². The Kier molecular flexibility index (Phi) is 9.03. The molecule has 1 atom stereocenters. The molecule has 0 aliphatic rings. The van der Waals surface area contributed by atoms with Gasteiger partial charge in [0.15, 0.2) is 22.5 Å². The number of ether oxygens (including phenoxy) is 1. The lowest BCUT2D eigenvalue weighted by molar-refractivity contribution is -0.120. The first-order chi connectivity index (χ1) is 18.4. The molecule has 0 unspecified atom stereocenters. The predicted octanol–water partition coefficient (Wildman–Crippen LogP) is 5.30. The van der Waals surface area contributed by atoms with Gasteiger partial charge in [0.05, 0.1) is 25.1 Å². The number of aromatic hydroxyl groups is 1. The maximum atomic E-state index is 12.8. The molecule has 0 aliphatic heterocycles. The Bertz CT molecular complexity index is 1440. The number of rotatable bonds is 10. The number of carbonyl (C=O) groups excluding carboxylic acids is 1. The highest BCUT2D eigenvalue weighted by Crippen LogP contribution is 2.32. The van der Waals surface area contributed by atoms with Crippen molar-refractivity contribution in [3.05, 3.63) is 88.2 Å². The first-order valence-corrected chi connectivity index (χ1v) is 13.4. The molecule has 4 rings (SSSR count). The Hall–Kier alpha value is -3.83. The van der Waals surface area contributed by atoms with Crippen molar-refractivity contribution in [1.29, 1.82) is 0 Å². The highest BCUT2D eigenvalue weighted by molar-refractivity contribution is 9.10. The van der Waals surface area contributed by atoms with Crippen molar-refractivity contribution in [2.24, 2.45) is 5.10 Å². The van der Waals surface area contributed by atoms with E-state index < -0.39 is 5.25 Å². The fourth-order valence-corrected chi connectivity index (χ4v) is 4.92. The van der Waals surface area contributed by atoms with Crippen LogP contribution < -0.4 is 15.5 Å². The lowest BCUT2D eigenvalue weighted by atomic mass is 10.2. The van der Waals surface area contributed by atoms with E-state index in [0.29, 0.717) is 33.3 Å². The number of nitrogens with one attached hydrogen (secondary N) is 2. The number of hydrazone groups is 1. The Labute approximate surface area is 233 Å². The molecule has 0 saturated carbocycles. The van der Waals surface area contributed by atoms with Gasteiger partial charge in [-0.3, -0.25) is 9.36 Å². The van der Waals surface area contributed by atoms with Crippen molar-refractivity contribution in [1.82, 2.24) is 20.2 Å². The quantitative estimate of drug-likeness (QED) is 0.130. The third kappa shape index (κ3) is 6.53. The van der Waals surface area contributed by atoms with E-state index in [1.807, 2.05) is 66.1 Å². The second-order valence-corrected chi connectivity index (χ2v) is 10.5. The zero-order valence-corrected chi connectivity index (χ0v) is 23.5. The van der Waals surface area contributed by atoms with Crippen molar-refractivity contribution < 1.29 is 14.6 Å². The van der Waals surface area contributed by atoms with Crippen LogP contribution in [0.4, 0.5) is 5.69 Å². The number of anilines is 1. The van der Waals surface area contributed by atoms with Crippen molar-refractivity contribution in [2.75, 3.05) is 12.4 Å². The summed E-state index contributed by atoms with van der Waals surface area (Å²) in [5.74, 6) is 0.615. The Morgan fingerprint density at radius 1 is 1.18 bits per heavy atom. The molecular weight excluding hydrogens is 568 g/mol. The summed E-state index contributed by atoms with van der Waals surface area (Å²) in [7, 11) is 1.46. The molecule has 1 aromatic heterocycles. The zero-order valence-electron chi connectivity index (χ0n) is 21.1. The Morgan fingerprint density at radius 2 is 1.92 bits per heavy atom. The number of aromatic nitrogens is 3. The number of para-hydroxylation sites is 2. The molecule has 0 spiro atoms. The van der Waals surface area contributed by atoms with Crippen LogP contribution >= 0.6 is 27.7 Å². The molecule has 0 saturated heterocycles. The normalized spacial score (nSPS) is 11.9. The van der Waals surface area contributed by atoms with E-state index in [9.17, 15) is 9.90 Å². The van der Waals surface area contributed by atoms with Crippen LogP contribution in [-0.2, 0) is 11.3 Å². The van der Waals surface area contributed by atoms with Crippen LogP contribution in [-0.4, -0.2) is 44.4 Å². The largest absolute Gasteiger partial charge is 0.504 e. The van der Waals surface area contributed by atoms with Crippen LogP contribution in [0.2, 0.25) is 0 Å². The summed E-state index contributed by atoms with van der Waals surface area (Å²) in [6, 6.07) is 21.1. The number of hydrogen-bond acceptors (Lipinski definition) is 8. The standard InChI is InChI=1S/C27H27BrN6O3S/c1-17-9-7-8-12-22(17)29-16-24-31-33-27(34(24)21-10-5-4-6-11-21)38-18(2)26(36)32-30-15-19-13-20(28)14-23(37-3)25(19)35/h4-15,18,29,35H,16H2,1-3H3,(H,32,36)/b30-15-/t18-/m1/s1. The molecule has 1 heterocycles. The summed E-state index contributed by atoms with van der Waals surface area (Å²) >= 11 is 4.64. The number of phenolic OH excluding ortho intramolecular Hbond substituents is 1. The van der Waals surface area contributed by atoms with Crippen molar-refractivity contribution >= 4 is 45.5 Å². The summed E-state index contributed by atoms with van der Waals surface area (Å²) in [4.78, 5) is 12.8. The van der Waals surface area contributed by atoms with Gasteiger partial charge in [-0.1, -0.05) is 64.1 Å². The van der Waals surface area contributed by atoms with Crippen molar-refractivity contribution in [3.8, 4) is 17.2 Å². The topological polar surface area (TPSA) is 114 Å². The maximum absolute atomic E-state index is 12.8. The maximum Gasteiger partial charge on any atom is 0.253 e. The Balaban J connectivity index is 1.48. The summed E-state index contributed by atoms with van der Waals surface area (Å²) in [6.07, 6.45) is 1.36. The molecule has 4 aromatic rings. The third-order valence-corrected chi connectivity index (χ3v) is 7.12. The van der Waals surface area contributed by atoms with Gasteiger partial charge in [-0.25, -0.2) is 5.43 Å². The van der Waals surface area contributed by atoms with Gasteiger partial charge < -0.3 is 15.2 Å². The monoisotopic (exact) mass is 594 g/mol. The van der Waals surface area contributed by atoms with Gasteiger partial charge in [-0.15, -0.1) is 10.2 Å². The molecule has 11 heteroatoms. The number of thioether (sulfide) groups is 1. The number of hydrogen-bond donors (Lipinski definition) is 3. The van der Waals surface area contributed by atoms with Gasteiger partial charge in [-0.2, -0.15) is 5.10 Å². The Morgan fingerprint density at radius 3 is 2.66 bits per heavy atom. The number of amides is 1. The van der Waals surface area contributed by atoms with Crippen LogP contribution in [0.3, 0.4) is 0 Å². The summed E-state index contributed by atoms with van der Waals surface area (Å²) in [5.41, 5.74) is 5.97. The molecule has 0 bridgehead atoms. The third-order valence-electron chi connectivity index (χ3n) is 5.62. The fraction of sp³-hybridized carbons (Fsp3) is 0.185. The summed E-state index contributed by atoms with van der Waals surface area (Å²) < 4.78 is 7.79. The van der Waals surface area contributed by atoms with Gasteiger partial charge in [0, 0.05) is 21.4 Å². The molecule has 0 radical (unpaired) electrons. The first kappa shape index (κ1) is 27.2. The van der Waals surface area contributed by atoms with E-state index >= 15 is 0 Å². The van der Waals surface area contributed by atoms with Crippen LogP contribution in [0.15, 0.2) is 81.5 Å². The van der Waals surface area contributed by atoms with E-state index in [2.05, 4.69) is 42.0 Å². The van der Waals surface area contributed by atoms with Crippen molar-refractivity contribution in [3.63, 3.8) is 0 Å². The van der Waals surface area contributed by atoms with E-state index in [-0.39, 0.29) is 11.7 Å². The van der Waals surface area contributed by atoms with Crippen LogP contribution in [0.5, 0.6) is 11.5 Å². The molecular formula is C27H27BrN6O3S. The molecule has 3 aromatic carbocycles. The lowest BCUT2D eigenvalue weighted by Gasteiger charge is -2.14. The van der Waals surface area contributed by atoms with E-state index in [0.717, 1.165) is 16.9 Å².